The number of imidazole rings is 1. The number of hydrogen-bond donors (Lipinski definition) is 0. The number of benzene rings is 1. The van der Waals surface area contributed by atoms with Crippen molar-refractivity contribution in [1.82, 2.24) is 14.5 Å². The van der Waals surface area contributed by atoms with Gasteiger partial charge in [-0.3, -0.25) is 9.69 Å². The molecule has 0 unspecified atom stereocenters. The number of aromatic nitrogens is 2. The van der Waals surface area contributed by atoms with Crippen molar-refractivity contribution in [2.75, 3.05) is 13.1 Å². The fraction of sp³-hybridized carbons (Fsp3) is 0.250. The Morgan fingerprint density at radius 2 is 2.19 bits per heavy atom. The van der Waals surface area contributed by atoms with Gasteiger partial charge in [-0.25, -0.2) is 4.98 Å². The van der Waals surface area contributed by atoms with Gasteiger partial charge in [-0.15, -0.1) is 0 Å². The molecule has 0 amide bonds. The van der Waals surface area contributed by atoms with Crippen molar-refractivity contribution >= 4 is 16.8 Å². The topological polar surface area (TPSA) is 51.3 Å². The molecule has 0 saturated carbocycles. The summed E-state index contributed by atoms with van der Waals surface area (Å²) in [5.74, 6) is 1.12. The minimum atomic E-state index is 0.0972. The molecule has 0 atom stereocenters. The molecule has 0 saturated heterocycles. The molecule has 0 aliphatic carbocycles. The summed E-state index contributed by atoms with van der Waals surface area (Å²) in [4.78, 5) is 19.0. The van der Waals surface area contributed by atoms with Gasteiger partial charge in [-0.1, -0.05) is 18.2 Å². The van der Waals surface area contributed by atoms with Crippen molar-refractivity contribution in [3.63, 3.8) is 0 Å². The van der Waals surface area contributed by atoms with Crippen molar-refractivity contribution in [2.45, 2.75) is 13.1 Å². The van der Waals surface area contributed by atoms with E-state index in [9.17, 15) is 4.79 Å². The number of para-hydroxylation sites is 1. The number of furan rings is 1. The normalized spacial score (nSPS) is 15.2. The Hall–Kier alpha value is -2.40. The van der Waals surface area contributed by atoms with E-state index < -0.39 is 0 Å². The second-order valence-electron chi connectivity index (χ2n) is 5.32. The molecule has 0 radical (unpaired) electrons. The lowest BCUT2D eigenvalue weighted by Crippen LogP contribution is -2.37. The molecular formula is C16H15N3O2. The Labute approximate surface area is 121 Å². The molecule has 0 bridgehead atoms. The van der Waals surface area contributed by atoms with Gasteiger partial charge in [0.2, 0.25) is 0 Å². The second kappa shape index (κ2) is 4.86. The second-order valence-corrected chi connectivity index (χ2v) is 5.32. The summed E-state index contributed by atoms with van der Waals surface area (Å²) in [6.45, 7) is 2.87. The number of Topliss-reactive ketones (excluding diaryl/α,β-unsaturated/α-hetero) is 1. The van der Waals surface area contributed by atoms with Crippen LogP contribution in [0.5, 0.6) is 0 Å². The molecule has 1 aliphatic heterocycles. The van der Waals surface area contributed by atoms with E-state index in [-0.39, 0.29) is 5.78 Å². The Kier molecular flexibility index (Phi) is 2.86. The van der Waals surface area contributed by atoms with Crippen LogP contribution < -0.4 is 0 Å². The average Bonchev–Trinajstić information content (AvgIpc) is 3.13. The van der Waals surface area contributed by atoms with E-state index in [0.717, 1.165) is 29.9 Å². The minimum absolute atomic E-state index is 0.0972. The van der Waals surface area contributed by atoms with Crippen LogP contribution in [0.25, 0.3) is 11.0 Å². The van der Waals surface area contributed by atoms with Gasteiger partial charge in [0.05, 0.1) is 18.7 Å². The number of nitrogens with zero attached hydrogens (tertiary/aromatic N) is 3. The van der Waals surface area contributed by atoms with Gasteiger partial charge in [0.25, 0.3) is 0 Å². The van der Waals surface area contributed by atoms with Crippen molar-refractivity contribution in [3.8, 4) is 0 Å². The molecule has 21 heavy (non-hydrogen) atoms. The molecule has 0 spiro atoms. The van der Waals surface area contributed by atoms with E-state index in [1.165, 1.54) is 0 Å². The summed E-state index contributed by atoms with van der Waals surface area (Å²) in [5.41, 5.74) is 1.43. The number of fused-ring (bicyclic) bond motifs is 2. The Morgan fingerprint density at radius 3 is 3.14 bits per heavy atom. The molecule has 1 aromatic carbocycles. The zero-order valence-corrected chi connectivity index (χ0v) is 11.5. The first kappa shape index (κ1) is 12.3. The summed E-state index contributed by atoms with van der Waals surface area (Å²) in [6, 6.07) is 7.63. The lowest BCUT2D eigenvalue weighted by Gasteiger charge is -2.26. The number of carbonyl (C=O) groups is 1. The molecule has 0 N–H and O–H groups in total. The summed E-state index contributed by atoms with van der Waals surface area (Å²) in [5, 5.41) is 0.890. The Balaban J connectivity index is 1.54. The maximum atomic E-state index is 12.5. The van der Waals surface area contributed by atoms with Crippen LogP contribution in [0, 0.1) is 0 Å². The molecule has 3 aromatic rings. The van der Waals surface area contributed by atoms with Crippen molar-refractivity contribution in [2.24, 2.45) is 0 Å². The van der Waals surface area contributed by atoms with Gasteiger partial charge >= 0.3 is 0 Å². The summed E-state index contributed by atoms with van der Waals surface area (Å²) < 4.78 is 7.58. The molecule has 3 heterocycles. The highest BCUT2D eigenvalue weighted by molar-refractivity contribution is 6.08. The van der Waals surface area contributed by atoms with Gasteiger partial charge in [0.1, 0.15) is 17.7 Å². The van der Waals surface area contributed by atoms with Crippen LogP contribution in [0.3, 0.4) is 0 Å². The van der Waals surface area contributed by atoms with Crippen molar-refractivity contribution < 1.29 is 9.21 Å². The quantitative estimate of drug-likeness (QED) is 0.691. The number of carbonyl (C=O) groups excluding carboxylic acids is 1. The summed E-state index contributed by atoms with van der Waals surface area (Å²) in [6.07, 6.45) is 5.36. The van der Waals surface area contributed by atoms with Gasteiger partial charge in [0, 0.05) is 30.9 Å². The Bertz CT molecular complexity index is 803. The van der Waals surface area contributed by atoms with E-state index >= 15 is 0 Å². The van der Waals surface area contributed by atoms with Gasteiger partial charge in [-0.2, -0.15) is 0 Å². The lowest BCUT2D eigenvalue weighted by atomic mass is 10.1. The smallest absolute Gasteiger partial charge is 0.180 e. The van der Waals surface area contributed by atoms with Gasteiger partial charge in [0.15, 0.2) is 5.78 Å². The fourth-order valence-corrected chi connectivity index (χ4v) is 2.84. The molecule has 0 fully saturated rings. The van der Waals surface area contributed by atoms with E-state index in [1.807, 2.05) is 36.7 Å². The SMILES string of the molecule is O=C(CN1CCn2ccnc2C1)c1coc2ccccc12. The van der Waals surface area contributed by atoms with Crippen LogP contribution in [-0.4, -0.2) is 33.3 Å². The fourth-order valence-electron chi connectivity index (χ4n) is 2.84. The third kappa shape index (κ3) is 2.15. The third-order valence-corrected chi connectivity index (χ3v) is 3.97. The van der Waals surface area contributed by atoms with Gasteiger partial charge < -0.3 is 8.98 Å². The zero-order valence-electron chi connectivity index (χ0n) is 11.5. The summed E-state index contributed by atoms with van der Waals surface area (Å²) >= 11 is 0. The minimum Gasteiger partial charge on any atom is -0.464 e. The first-order valence-corrected chi connectivity index (χ1v) is 7.03. The predicted molar refractivity (Wildman–Crippen MR) is 78.0 cm³/mol. The Morgan fingerprint density at radius 1 is 1.29 bits per heavy atom. The van der Waals surface area contributed by atoms with Crippen LogP contribution >= 0.6 is 0 Å². The lowest BCUT2D eigenvalue weighted by molar-refractivity contribution is 0.0909. The van der Waals surface area contributed by atoms with E-state index in [4.69, 9.17) is 4.42 Å². The monoisotopic (exact) mass is 281 g/mol. The number of hydrogen-bond acceptors (Lipinski definition) is 4. The van der Waals surface area contributed by atoms with Crippen LogP contribution in [0.4, 0.5) is 0 Å². The zero-order chi connectivity index (χ0) is 14.2. The summed E-state index contributed by atoms with van der Waals surface area (Å²) in [7, 11) is 0. The van der Waals surface area contributed by atoms with Crippen LogP contribution in [0.2, 0.25) is 0 Å². The number of rotatable bonds is 3. The number of ketones is 1. The maximum Gasteiger partial charge on any atom is 0.180 e. The first-order chi connectivity index (χ1) is 10.3. The highest BCUT2D eigenvalue weighted by atomic mass is 16.3. The first-order valence-electron chi connectivity index (χ1n) is 7.03. The van der Waals surface area contributed by atoms with Gasteiger partial charge in [-0.05, 0) is 6.07 Å². The molecule has 5 heteroatoms. The molecule has 106 valence electrons. The third-order valence-electron chi connectivity index (χ3n) is 3.97. The van der Waals surface area contributed by atoms with E-state index in [2.05, 4.69) is 14.5 Å². The molecular weight excluding hydrogens is 266 g/mol. The average molecular weight is 281 g/mol. The molecule has 1 aliphatic rings. The van der Waals surface area contributed by atoms with Crippen LogP contribution in [0.1, 0.15) is 16.2 Å². The van der Waals surface area contributed by atoms with Crippen molar-refractivity contribution in [3.05, 3.63) is 54.3 Å². The maximum absolute atomic E-state index is 12.5. The largest absolute Gasteiger partial charge is 0.464 e. The highest BCUT2D eigenvalue weighted by Crippen LogP contribution is 2.22. The molecule has 5 nitrogen and oxygen atoms in total. The van der Waals surface area contributed by atoms with Crippen LogP contribution in [-0.2, 0) is 13.1 Å². The van der Waals surface area contributed by atoms with E-state index in [1.54, 1.807) is 6.26 Å². The van der Waals surface area contributed by atoms with Crippen LogP contribution in [0.15, 0.2) is 47.3 Å². The molecule has 4 rings (SSSR count). The van der Waals surface area contributed by atoms with Crippen molar-refractivity contribution in [1.29, 1.82) is 0 Å². The predicted octanol–water partition coefficient (Wildman–Crippen LogP) is 2.33. The standard InChI is InChI=1S/C16H15N3O2/c20-14(13-11-21-15-4-2-1-3-12(13)15)9-18-7-8-19-6-5-17-16(19)10-18/h1-6,11H,7-10H2. The van der Waals surface area contributed by atoms with E-state index in [0.29, 0.717) is 18.7 Å². The molecule has 2 aromatic heterocycles. The highest BCUT2D eigenvalue weighted by Gasteiger charge is 2.21.